The lowest BCUT2D eigenvalue weighted by atomic mass is 10.1. The second-order valence-corrected chi connectivity index (χ2v) is 4.74. The van der Waals surface area contributed by atoms with Crippen LogP contribution in [0.5, 0.6) is 0 Å². The summed E-state index contributed by atoms with van der Waals surface area (Å²) in [4.78, 5) is 37.7. The molecule has 0 aliphatic heterocycles. The lowest BCUT2D eigenvalue weighted by Gasteiger charge is -2.07. The van der Waals surface area contributed by atoms with Crippen LogP contribution in [0, 0.1) is 5.92 Å². The van der Waals surface area contributed by atoms with Gasteiger partial charge in [0.2, 0.25) is 0 Å². The zero-order chi connectivity index (χ0) is 16.2. The highest BCUT2D eigenvalue weighted by atomic mass is 35.5. The fourth-order valence-electron chi connectivity index (χ4n) is 1.45. The van der Waals surface area contributed by atoms with Gasteiger partial charge in [0.15, 0.2) is 5.92 Å². The smallest absolute Gasteiger partial charge is 0.338 e. The van der Waals surface area contributed by atoms with Crippen molar-refractivity contribution in [2.45, 2.75) is 6.92 Å². The highest BCUT2D eigenvalue weighted by molar-refractivity contribution is 6.40. The van der Waals surface area contributed by atoms with Gasteiger partial charge in [-0.05, 0) is 19.1 Å². The number of carbonyl (C=O) groups is 3. The van der Waals surface area contributed by atoms with Crippen LogP contribution in [0.25, 0.3) is 0 Å². The number of esters is 1. The van der Waals surface area contributed by atoms with E-state index in [-0.39, 0.29) is 21.3 Å². The minimum atomic E-state index is -1.31. The molecule has 8 heteroatoms. The number of nitrogens with zero attached hydrogens (tertiary/aromatic N) is 1. The van der Waals surface area contributed by atoms with Crippen molar-refractivity contribution in [2.75, 3.05) is 7.11 Å². The Morgan fingerprint density at radius 2 is 1.95 bits per heavy atom. The summed E-state index contributed by atoms with van der Waals surface area (Å²) in [5.74, 6) is -3.72. The molecule has 0 radical (unpaired) electrons. The van der Waals surface area contributed by atoms with Gasteiger partial charge >= 0.3 is 11.9 Å². The van der Waals surface area contributed by atoms with Gasteiger partial charge in [0, 0.05) is 6.21 Å². The molecule has 1 aromatic rings. The van der Waals surface area contributed by atoms with Gasteiger partial charge in [-0.25, -0.2) is 4.79 Å². The standard InChI is InChI=1S/C13H11Cl2NO5/c1-6(17)7(13(20)21-2)5-16-9-4-3-8(14)10(11(9)15)12(18)19/h3-5,7H,1-2H3,(H,18,19). The van der Waals surface area contributed by atoms with Crippen LogP contribution in [-0.4, -0.2) is 36.2 Å². The summed E-state index contributed by atoms with van der Waals surface area (Å²) in [6.07, 6.45) is 1.05. The van der Waals surface area contributed by atoms with E-state index in [1.54, 1.807) is 0 Å². The monoisotopic (exact) mass is 331 g/mol. The van der Waals surface area contributed by atoms with E-state index in [1.165, 1.54) is 19.1 Å². The van der Waals surface area contributed by atoms with Crippen molar-refractivity contribution in [2.24, 2.45) is 10.9 Å². The first-order chi connectivity index (χ1) is 9.79. The van der Waals surface area contributed by atoms with Crippen molar-refractivity contribution in [3.63, 3.8) is 0 Å². The molecular formula is C13H11Cl2NO5. The van der Waals surface area contributed by atoms with Crippen molar-refractivity contribution in [3.05, 3.63) is 27.7 Å². The van der Waals surface area contributed by atoms with Crippen LogP contribution in [-0.2, 0) is 14.3 Å². The van der Waals surface area contributed by atoms with Gasteiger partial charge in [-0.3, -0.25) is 14.6 Å². The highest BCUT2D eigenvalue weighted by Gasteiger charge is 2.22. The van der Waals surface area contributed by atoms with Crippen LogP contribution in [0.15, 0.2) is 17.1 Å². The van der Waals surface area contributed by atoms with Crippen LogP contribution in [0.1, 0.15) is 17.3 Å². The van der Waals surface area contributed by atoms with Crippen LogP contribution in [0.3, 0.4) is 0 Å². The number of ether oxygens (including phenoxy) is 1. The number of carboxylic acid groups (broad SMARTS) is 1. The van der Waals surface area contributed by atoms with Crippen LogP contribution in [0.2, 0.25) is 10.0 Å². The second-order valence-electron chi connectivity index (χ2n) is 3.95. The van der Waals surface area contributed by atoms with E-state index < -0.39 is 23.6 Å². The minimum Gasteiger partial charge on any atom is -0.478 e. The highest BCUT2D eigenvalue weighted by Crippen LogP contribution is 2.33. The van der Waals surface area contributed by atoms with Gasteiger partial charge in [0.25, 0.3) is 0 Å². The number of carbonyl (C=O) groups excluding carboxylic acids is 2. The predicted molar refractivity (Wildman–Crippen MR) is 77.8 cm³/mol. The Labute approximate surface area is 130 Å². The van der Waals surface area contributed by atoms with Gasteiger partial charge in [-0.2, -0.15) is 0 Å². The minimum absolute atomic E-state index is 0.0393. The summed E-state index contributed by atoms with van der Waals surface area (Å²) in [6, 6.07) is 2.69. The summed E-state index contributed by atoms with van der Waals surface area (Å²) in [5.41, 5.74) is -0.223. The number of Topliss-reactive ketones (excluding diaryl/α,β-unsaturated/α-hetero) is 1. The molecule has 1 unspecified atom stereocenters. The van der Waals surface area contributed by atoms with E-state index in [2.05, 4.69) is 9.73 Å². The molecule has 0 spiro atoms. The molecule has 1 atom stereocenters. The average Bonchev–Trinajstić information content (AvgIpc) is 2.40. The molecule has 1 N–H and O–H groups in total. The topological polar surface area (TPSA) is 93.0 Å². The summed E-state index contributed by atoms with van der Waals surface area (Å²) < 4.78 is 4.47. The number of benzene rings is 1. The molecule has 0 amide bonds. The normalized spacial score (nSPS) is 12.2. The molecule has 1 aromatic carbocycles. The fourth-order valence-corrected chi connectivity index (χ4v) is 2.03. The molecule has 0 saturated carbocycles. The van der Waals surface area contributed by atoms with E-state index in [0.717, 1.165) is 13.3 Å². The van der Waals surface area contributed by atoms with E-state index >= 15 is 0 Å². The number of carboxylic acids is 1. The molecule has 112 valence electrons. The zero-order valence-electron chi connectivity index (χ0n) is 11.1. The lowest BCUT2D eigenvalue weighted by Crippen LogP contribution is -2.24. The molecule has 0 bridgehead atoms. The summed E-state index contributed by atoms with van der Waals surface area (Å²) in [5, 5.41) is 8.79. The Hall–Kier alpha value is -1.92. The summed E-state index contributed by atoms with van der Waals surface area (Å²) in [6.45, 7) is 1.21. The molecule has 0 aliphatic carbocycles. The molecule has 0 heterocycles. The third kappa shape index (κ3) is 4.03. The number of hydrogen-bond acceptors (Lipinski definition) is 5. The third-order valence-corrected chi connectivity index (χ3v) is 3.24. The molecule has 6 nitrogen and oxygen atoms in total. The second kappa shape index (κ2) is 7.19. The van der Waals surface area contributed by atoms with E-state index in [0.29, 0.717) is 0 Å². The maximum Gasteiger partial charge on any atom is 0.338 e. The van der Waals surface area contributed by atoms with Crippen molar-refractivity contribution in [1.29, 1.82) is 0 Å². The first kappa shape index (κ1) is 17.1. The lowest BCUT2D eigenvalue weighted by molar-refractivity contribution is -0.145. The Balaban J connectivity index is 3.21. The van der Waals surface area contributed by atoms with Gasteiger partial charge in [0.1, 0.15) is 5.78 Å². The number of rotatable bonds is 5. The maximum atomic E-state index is 11.4. The molecule has 0 aliphatic rings. The molecule has 21 heavy (non-hydrogen) atoms. The third-order valence-electron chi connectivity index (χ3n) is 2.54. The number of methoxy groups -OCH3 is 1. The fraction of sp³-hybridized carbons (Fsp3) is 0.231. The summed E-state index contributed by atoms with van der Waals surface area (Å²) in [7, 11) is 1.14. The number of aromatic carboxylic acids is 1. The van der Waals surface area contributed by atoms with Gasteiger partial charge < -0.3 is 9.84 Å². The van der Waals surface area contributed by atoms with Crippen molar-refractivity contribution in [3.8, 4) is 0 Å². The predicted octanol–water partition coefficient (Wildman–Crippen LogP) is 2.77. The number of ketones is 1. The van der Waals surface area contributed by atoms with E-state index in [9.17, 15) is 14.4 Å². The number of hydrogen-bond donors (Lipinski definition) is 1. The zero-order valence-corrected chi connectivity index (χ0v) is 12.6. The van der Waals surface area contributed by atoms with E-state index in [1.807, 2.05) is 0 Å². The number of halogens is 2. The van der Waals surface area contributed by atoms with Gasteiger partial charge in [0.05, 0.1) is 28.4 Å². The first-order valence-electron chi connectivity index (χ1n) is 5.63. The van der Waals surface area contributed by atoms with Crippen LogP contribution >= 0.6 is 23.2 Å². The van der Waals surface area contributed by atoms with Gasteiger partial charge in [-0.1, -0.05) is 23.2 Å². The van der Waals surface area contributed by atoms with Crippen LogP contribution in [0.4, 0.5) is 5.69 Å². The molecular weight excluding hydrogens is 321 g/mol. The molecule has 1 rings (SSSR count). The Morgan fingerprint density at radius 3 is 2.43 bits per heavy atom. The Kier molecular flexibility index (Phi) is 5.87. The van der Waals surface area contributed by atoms with Crippen molar-refractivity contribution < 1.29 is 24.2 Å². The summed E-state index contributed by atoms with van der Waals surface area (Å²) >= 11 is 11.6. The van der Waals surface area contributed by atoms with Crippen molar-refractivity contribution >= 4 is 52.8 Å². The molecule has 0 saturated heterocycles. The molecule has 0 aromatic heterocycles. The maximum absolute atomic E-state index is 11.4. The van der Waals surface area contributed by atoms with Crippen molar-refractivity contribution in [1.82, 2.24) is 0 Å². The largest absolute Gasteiger partial charge is 0.478 e. The first-order valence-corrected chi connectivity index (χ1v) is 6.39. The van der Waals surface area contributed by atoms with E-state index in [4.69, 9.17) is 28.3 Å². The Morgan fingerprint density at radius 1 is 1.33 bits per heavy atom. The SMILES string of the molecule is COC(=O)C(C=Nc1ccc(Cl)c(C(=O)O)c1Cl)C(C)=O. The number of aliphatic imine (C=N–C) groups is 1. The average molecular weight is 332 g/mol. The Bertz CT molecular complexity index is 627. The van der Waals surface area contributed by atoms with Gasteiger partial charge in [-0.15, -0.1) is 0 Å². The quantitative estimate of drug-likeness (QED) is 0.508. The molecule has 0 fully saturated rings. The van der Waals surface area contributed by atoms with Crippen LogP contribution < -0.4 is 0 Å².